The predicted octanol–water partition coefficient (Wildman–Crippen LogP) is 3.03. The van der Waals surface area contributed by atoms with E-state index in [1.54, 1.807) is 0 Å². The minimum absolute atomic E-state index is 0.356. The predicted molar refractivity (Wildman–Crippen MR) is 67.8 cm³/mol. The SMILES string of the molecule is CCC1(COCCC2CC3C=CC2C3)COC1. The minimum Gasteiger partial charge on any atom is -0.381 e. The first-order valence-electron chi connectivity index (χ1n) is 7.15. The third-order valence-corrected chi connectivity index (χ3v) is 5.02. The second-order valence-corrected chi connectivity index (χ2v) is 6.23. The summed E-state index contributed by atoms with van der Waals surface area (Å²) in [6.45, 7) is 5.90. The molecule has 17 heavy (non-hydrogen) atoms. The number of hydrogen-bond donors (Lipinski definition) is 0. The van der Waals surface area contributed by atoms with E-state index in [0.717, 1.165) is 44.2 Å². The van der Waals surface area contributed by atoms with Crippen molar-refractivity contribution in [2.24, 2.45) is 23.2 Å². The van der Waals surface area contributed by atoms with Gasteiger partial charge in [0.1, 0.15) is 0 Å². The molecule has 2 nitrogen and oxygen atoms in total. The lowest BCUT2D eigenvalue weighted by molar-refractivity contribution is -0.150. The zero-order valence-corrected chi connectivity index (χ0v) is 10.9. The molecule has 1 aliphatic heterocycles. The van der Waals surface area contributed by atoms with Crippen LogP contribution in [-0.4, -0.2) is 26.4 Å². The molecule has 96 valence electrons. The maximum absolute atomic E-state index is 5.90. The van der Waals surface area contributed by atoms with Crippen LogP contribution >= 0.6 is 0 Å². The summed E-state index contributed by atoms with van der Waals surface area (Å²) in [7, 11) is 0. The van der Waals surface area contributed by atoms with Crippen molar-refractivity contribution >= 4 is 0 Å². The molecule has 3 rings (SSSR count). The monoisotopic (exact) mass is 236 g/mol. The van der Waals surface area contributed by atoms with Gasteiger partial charge in [-0.2, -0.15) is 0 Å². The Balaban J connectivity index is 1.34. The molecule has 0 N–H and O–H groups in total. The molecular weight excluding hydrogens is 212 g/mol. The summed E-state index contributed by atoms with van der Waals surface area (Å²) < 4.78 is 11.2. The van der Waals surface area contributed by atoms with Crippen LogP contribution in [0.4, 0.5) is 0 Å². The van der Waals surface area contributed by atoms with Gasteiger partial charge in [-0.05, 0) is 43.4 Å². The molecule has 0 amide bonds. The van der Waals surface area contributed by atoms with Crippen molar-refractivity contribution in [2.45, 2.75) is 32.6 Å². The van der Waals surface area contributed by atoms with Gasteiger partial charge in [-0.25, -0.2) is 0 Å². The summed E-state index contributed by atoms with van der Waals surface area (Å²) in [5, 5.41) is 0. The molecule has 2 aliphatic carbocycles. The van der Waals surface area contributed by atoms with E-state index in [0.29, 0.717) is 5.41 Å². The van der Waals surface area contributed by atoms with Crippen LogP contribution in [0.2, 0.25) is 0 Å². The van der Waals surface area contributed by atoms with Gasteiger partial charge in [0.15, 0.2) is 0 Å². The minimum atomic E-state index is 0.356. The van der Waals surface area contributed by atoms with Gasteiger partial charge in [-0.1, -0.05) is 19.1 Å². The van der Waals surface area contributed by atoms with Crippen molar-refractivity contribution in [1.29, 1.82) is 0 Å². The maximum atomic E-state index is 5.90. The fourth-order valence-electron chi connectivity index (χ4n) is 3.53. The number of allylic oxidation sites excluding steroid dienone is 2. The summed E-state index contributed by atoms with van der Waals surface area (Å²) in [6.07, 6.45) is 10.1. The Morgan fingerprint density at radius 1 is 1.29 bits per heavy atom. The molecule has 0 radical (unpaired) electrons. The molecule has 0 aromatic rings. The molecule has 3 aliphatic rings. The van der Waals surface area contributed by atoms with E-state index in [9.17, 15) is 0 Å². The van der Waals surface area contributed by atoms with Crippen LogP contribution in [0.1, 0.15) is 32.6 Å². The van der Waals surface area contributed by atoms with Gasteiger partial charge in [-0.15, -0.1) is 0 Å². The van der Waals surface area contributed by atoms with E-state index in [4.69, 9.17) is 9.47 Å². The Labute approximate surface area is 104 Å². The van der Waals surface area contributed by atoms with Crippen LogP contribution in [0.15, 0.2) is 12.2 Å². The molecule has 0 aromatic carbocycles. The zero-order chi connectivity index (χ0) is 11.7. The maximum Gasteiger partial charge on any atom is 0.0566 e. The van der Waals surface area contributed by atoms with E-state index in [-0.39, 0.29) is 0 Å². The number of rotatable bonds is 6. The van der Waals surface area contributed by atoms with E-state index in [1.165, 1.54) is 25.7 Å². The van der Waals surface area contributed by atoms with Gasteiger partial charge in [0, 0.05) is 12.0 Å². The Morgan fingerprint density at radius 3 is 2.71 bits per heavy atom. The molecule has 2 fully saturated rings. The van der Waals surface area contributed by atoms with Crippen LogP contribution in [-0.2, 0) is 9.47 Å². The fourth-order valence-corrected chi connectivity index (χ4v) is 3.53. The highest BCUT2D eigenvalue weighted by Crippen LogP contribution is 2.44. The Morgan fingerprint density at radius 2 is 2.18 bits per heavy atom. The molecule has 3 unspecified atom stereocenters. The third kappa shape index (κ3) is 2.30. The van der Waals surface area contributed by atoms with E-state index < -0.39 is 0 Å². The summed E-state index contributed by atoms with van der Waals surface area (Å²) in [5.41, 5.74) is 0.356. The first-order chi connectivity index (χ1) is 8.31. The van der Waals surface area contributed by atoms with E-state index in [2.05, 4.69) is 19.1 Å². The Kier molecular flexibility index (Phi) is 3.27. The summed E-state index contributed by atoms with van der Waals surface area (Å²) in [4.78, 5) is 0. The zero-order valence-electron chi connectivity index (χ0n) is 10.9. The van der Waals surface area contributed by atoms with Crippen molar-refractivity contribution in [1.82, 2.24) is 0 Å². The molecular formula is C15H24O2. The molecule has 1 saturated carbocycles. The van der Waals surface area contributed by atoms with Crippen LogP contribution in [0.25, 0.3) is 0 Å². The van der Waals surface area contributed by atoms with Gasteiger partial charge in [0.2, 0.25) is 0 Å². The largest absolute Gasteiger partial charge is 0.381 e. The molecule has 0 aromatic heterocycles. The van der Waals surface area contributed by atoms with Crippen LogP contribution < -0.4 is 0 Å². The smallest absolute Gasteiger partial charge is 0.0566 e. The molecule has 2 heteroatoms. The fraction of sp³-hybridized carbons (Fsp3) is 0.867. The van der Waals surface area contributed by atoms with E-state index in [1.807, 2.05) is 0 Å². The molecule has 2 bridgehead atoms. The van der Waals surface area contributed by atoms with Gasteiger partial charge in [0.25, 0.3) is 0 Å². The van der Waals surface area contributed by atoms with Gasteiger partial charge in [0.05, 0.1) is 19.8 Å². The van der Waals surface area contributed by atoms with E-state index >= 15 is 0 Å². The second-order valence-electron chi connectivity index (χ2n) is 6.23. The highest BCUT2D eigenvalue weighted by Gasteiger charge is 2.38. The van der Waals surface area contributed by atoms with Gasteiger partial charge >= 0.3 is 0 Å². The molecule has 3 atom stereocenters. The summed E-state index contributed by atoms with van der Waals surface area (Å²) in [5.74, 6) is 2.67. The number of ether oxygens (including phenoxy) is 2. The van der Waals surface area contributed by atoms with Crippen molar-refractivity contribution in [3.8, 4) is 0 Å². The number of hydrogen-bond acceptors (Lipinski definition) is 2. The Bertz CT molecular complexity index is 288. The first-order valence-corrected chi connectivity index (χ1v) is 7.15. The quantitative estimate of drug-likeness (QED) is 0.521. The molecule has 0 spiro atoms. The lowest BCUT2D eigenvalue weighted by atomic mass is 9.84. The number of fused-ring (bicyclic) bond motifs is 2. The summed E-state index contributed by atoms with van der Waals surface area (Å²) in [6, 6.07) is 0. The lowest BCUT2D eigenvalue weighted by Crippen LogP contribution is -2.45. The average Bonchev–Trinajstić information content (AvgIpc) is 2.89. The highest BCUT2D eigenvalue weighted by atomic mass is 16.5. The van der Waals surface area contributed by atoms with Crippen LogP contribution in [0.5, 0.6) is 0 Å². The van der Waals surface area contributed by atoms with Crippen molar-refractivity contribution < 1.29 is 9.47 Å². The van der Waals surface area contributed by atoms with Crippen LogP contribution in [0.3, 0.4) is 0 Å². The van der Waals surface area contributed by atoms with Crippen molar-refractivity contribution in [3.05, 3.63) is 12.2 Å². The normalized spacial score (nSPS) is 37.4. The first kappa shape index (κ1) is 11.7. The standard InChI is InChI=1S/C15H24O2/c1-2-15(10-17-11-15)9-16-6-5-14-8-12-3-4-13(14)7-12/h3-4,12-14H,2,5-11H2,1H3. The third-order valence-electron chi connectivity index (χ3n) is 5.02. The van der Waals surface area contributed by atoms with Gasteiger partial charge < -0.3 is 9.47 Å². The second kappa shape index (κ2) is 4.74. The highest BCUT2D eigenvalue weighted by molar-refractivity contribution is 5.09. The van der Waals surface area contributed by atoms with Crippen molar-refractivity contribution in [2.75, 3.05) is 26.4 Å². The average molecular weight is 236 g/mol. The Hall–Kier alpha value is -0.340. The van der Waals surface area contributed by atoms with Crippen molar-refractivity contribution in [3.63, 3.8) is 0 Å². The van der Waals surface area contributed by atoms with Gasteiger partial charge in [-0.3, -0.25) is 0 Å². The lowest BCUT2D eigenvalue weighted by Gasteiger charge is -2.40. The van der Waals surface area contributed by atoms with Crippen LogP contribution in [0, 0.1) is 23.2 Å². The molecule has 1 heterocycles. The summed E-state index contributed by atoms with van der Waals surface area (Å²) >= 11 is 0. The molecule has 1 saturated heterocycles. The topological polar surface area (TPSA) is 18.5 Å².